The maximum atomic E-state index is 12.4. The molecule has 2 amide bonds. The highest BCUT2D eigenvalue weighted by Gasteiger charge is 2.80. The van der Waals surface area contributed by atoms with E-state index in [1.807, 2.05) is 0 Å². The first-order valence-corrected chi connectivity index (χ1v) is 6.57. The van der Waals surface area contributed by atoms with Gasteiger partial charge in [0.15, 0.2) is 0 Å². The predicted octanol–water partition coefficient (Wildman–Crippen LogP) is 2.26. The molecule has 1 N–H and O–H groups in total. The molecule has 0 bridgehead atoms. The smallest absolute Gasteiger partial charge is 0.243 e. The van der Waals surface area contributed by atoms with Crippen LogP contribution in [0.3, 0.4) is 0 Å². The Morgan fingerprint density at radius 2 is 1.79 bits per heavy atom. The largest absolute Gasteiger partial charge is 0.395 e. The number of nitrogens with zero attached hydrogens (tertiary/aromatic N) is 1. The molecule has 0 aromatic heterocycles. The number of fused-ring (bicyclic) bond motifs is 1. The number of halogens is 2. The first-order chi connectivity index (χ1) is 8.85. The number of imide groups is 1. The molecule has 1 aromatic rings. The Hall–Kier alpha value is -1.10. The molecule has 6 heteroatoms. The molecule has 0 spiro atoms. The lowest BCUT2D eigenvalue weighted by molar-refractivity contribution is -0.125. The molecular weight excluding hydrogens is 289 g/mol. The summed E-state index contributed by atoms with van der Waals surface area (Å²) in [6.07, 6.45) is 0.402. The lowest BCUT2D eigenvalue weighted by atomic mass is 9.98. The van der Waals surface area contributed by atoms with E-state index >= 15 is 0 Å². The highest BCUT2D eigenvalue weighted by atomic mass is 35.5. The summed E-state index contributed by atoms with van der Waals surface area (Å²) in [6.45, 7) is 1.38. The fraction of sp³-hybridized carbons (Fsp3) is 0.385. The lowest BCUT2D eigenvalue weighted by Crippen LogP contribution is -2.36. The first-order valence-electron chi connectivity index (χ1n) is 5.82. The molecule has 4 nitrogen and oxygen atoms in total. The van der Waals surface area contributed by atoms with E-state index in [0.717, 1.165) is 4.90 Å². The van der Waals surface area contributed by atoms with Crippen molar-refractivity contribution in [1.29, 1.82) is 0 Å². The summed E-state index contributed by atoms with van der Waals surface area (Å²) in [7, 11) is 0. The third-order valence-electron chi connectivity index (χ3n) is 4.25. The zero-order chi connectivity index (χ0) is 14.0. The van der Waals surface area contributed by atoms with Crippen LogP contribution in [-0.4, -0.2) is 23.5 Å². The molecule has 3 rings (SSSR count). The van der Waals surface area contributed by atoms with Crippen molar-refractivity contribution < 1.29 is 14.7 Å². The number of hydrogen-bond donors (Lipinski definition) is 1. The third-order valence-corrected chi connectivity index (χ3v) is 4.69. The molecule has 1 aliphatic carbocycles. The van der Waals surface area contributed by atoms with Gasteiger partial charge in [-0.05, 0) is 31.5 Å². The highest BCUT2D eigenvalue weighted by Crippen LogP contribution is 2.69. The summed E-state index contributed by atoms with van der Waals surface area (Å²) in [5.74, 6) is -0.675. The fourth-order valence-corrected chi connectivity index (χ4v) is 3.42. The van der Waals surface area contributed by atoms with E-state index in [9.17, 15) is 14.7 Å². The Morgan fingerprint density at radius 1 is 1.21 bits per heavy atom. The maximum Gasteiger partial charge on any atom is 0.243 e. The second kappa shape index (κ2) is 3.72. The van der Waals surface area contributed by atoms with Crippen molar-refractivity contribution in [3.63, 3.8) is 0 Å². The van der Waals surface area contributed by atoms with Crippen LogP contribution in [0.15, 0.2) is 18.2 Å². The molecule has 2 fully saturated rings. The van der Waals surface area contributed by atoms with Crippen molar-refractivity contribution in [2.75, 3.05) is 11.5 Å². The zero-order valence-corrected chi connectivity index (χ0v) is 11.6. The van der Waals surface area contributed by atoms with Gasteiger partial charge in [0.1, 0.15) is 0 Å². The summed E-state index contributed by atoms with van der Waals surface area (Å²) < 4.78 is 0. The summed E-state index contributed by atoms with van der Waals surface area (Å²) >= 11 is 11.8. The number of benzene rings is 1. The van der Waals surface area contributed by atoms with Gasteiger partial charge in [0.25, 0.3) is 0 Å². The highest BCUT2D eigenvalue weighted by molar-refractivity contribution is 6.36. The van der Waals surface area contributed by atoms with Crippen molar-refractivity contribution >= 4 is 40.7 Å². The van der Waals surface area contributed by atoms with E-state index < -0.39 is 10.8 Å². The van der Waals surface area contributed by atoms with Crippen molar-refractivity contribution in [2.45, 2.75) is 13.3 Å². The van der Waals surface area contributed by atoms with Gasteiger partial charge in [0.2, 0.25) is 11.8 Å². The Bertz CT molecular complexity index is 598. The number of anilines is 1. The molecule has 2 unspecified atom stereocenters. The van der Waals surface area contributed by atoms with Crippen molar-refractivity contribution in [3.05, 3.63) is 28.2 Å². The van der Waals surface area contributed by atoms with Crippen molar-refractivity contribution in [3.8, 4) is 0 Å². The van der Waals surface area contributed by atoms with Crippen LogP contribution in [0.2, 0.25) is 10.0 Å². The van der Waals surface area contributed by atoms with Gasteiger partial charge in [-0.3, -0.25) is 9.59 Å². The minimum Gasteiger partial charge on any atom is -0.395 e. The van der Waals surface area contributed by atoms with Crippen LogP contribution in [0.1, 0.15) is 13.3 Å². The number of amides is 2. The minimum absolute atomic E-state index is 0.301. The number of rotatable bonds is 2. The molecule has 2 atom stereocenters. The first kappa shape index (κ1) is 12.9. The van der Waals surface area contributed by atoms with E-state index in [2.05, 4.69) is 0 Å². The van der Waals surface area contributed by atoms with Gasteiger partial charge in [-0.25, -0.2) is 4.90 Å². The lowest BCUT2D eigenvalue weighted by Gasteiger charge is -2.19. The quantitative estimate of drug-likeness (QED) is 0.852. The Balaban J connectivity index is 2.08. The average Bonchev–Trinajstić information content (AvgIpc) is 2.92. The van der Waals surface area contributed by atoms with Gasteiger partial charge in [-0.1, -0.05) is 23.2 Å². The van der Waals surface area contributed by atoms with Gasteiger partial charge >= 0.3 is 0 Å². The zero-order valence-electron chi connectivity index (χ0n) is 10.1. The fourth-order valence-electron chi connectivity index (χ4n) is 2.91. The Kier molecular flexibility index (Phi) is 2.53. The second-order valence-corrected chi connectivity index (χ2v) is 6.20. The van der Waals surface area contributed by atoms with Gasteiger partial charge < -0.3 is 5.11 Å². The molecule has 19 heavy (non-hydrogen) atoms. The van der Waals surface area contributed by atoms with E-state index in [0.29, 0.717) is 22.2 Å². The summed E-state index contributed by atoms with van der Waals surface area (Å²) in [5, 5.41) is 10.1. The number of carbonyl (C=O) groups excluding carboxylic acids is 2. The van der Waals surface area contributed by atoms with E-state index in [1.54, 1.807) is 6.92 Å². The predicted molar refractivity (Wildman–Crippen MR) is 71.2 cm³/mol. The Labute approximate surface area is 119 Å². The Morgan fingerprint density at radius 3 is 2.26 bits per heavy atom. The molecule has 1 aromatic carbocycles. The number of piperidine rings is 1. The van der Waals surface area contributed by atoms with Crippen LogP contribution in [0.4, 0.5) is 5.69 Å². The van der Waals surface area contributed by atoms with E-state index in [-0.39, 0.29) is 18.4 Å². The number of aliphatic hydroxyl groups excluding tert-OH is 1. The molecule has 1 saturated carbocycles. The van der Waals surface area contributed by atoms with Gasteiger partial charge in [-0.2, -0.15) is 0 Å². The second-order valence-electron chi connectivity index (χ2n) is 5.32. The normalized spacial score (nSPS) is 32.7. The van der Waals surface area contributed by atoms with Crippen LogP contribution in [0.25, 0.3) is 0 Å². The van der Waals surface area contributed by atoms with Crippen molar-refractivity contribution in [2.24, 2.45) is 10.8 Å². The van der Waals surface area contributed by atoms with Crippen LogP contribution in [0.5, 0.6) is 0 Å². The number of carbonyl (C=O) groups is 2. The summed E-state index contributed by atoms with van der Waals surface area (Å²) in [6, 6.07) is 4.56. The maximum absolute atomic E-state index is 12.4. The topological polar surface area (TPSA) is 57.6 Å². The number of hydrogen-bond acceptors (Lipinski definition) is 3. The standard InChI is InChI=1S/C13H11Cl2NO3/c1-12-5-13(12,6-17)11(19)16(10(12)18)9-3-7(14)2-8(15)4-9/h2-4,17H,5-6H2,1H3. The molecule has 1 heterocycles. The molecule has 1 saturated heterocycles. The van der Waals surface area contributed by atoms with E-state index in [4.69, 9.17) is 23.2 Å². The van der Waals surface area contributed by atoms with Gasteiger partial charge in [0, 0.05) is 10.0 Å². The third kappa shape index (κ3) is 1.45. The van der Waals surface area contributed by atoms with Gasteiger partial charge in [0.05, 0.1) is 23.1 Å². The van der Waals surface area contributed by atoms with E-state index in [1.165, 1.54) is 18.2 Å². The van der Waals surface area contributed by atoms with Crippen LogP contribution >= 0.6 is 23.2 Å². The monoisotopic (exact) mass is 299 g/mol. The average molecular weight is 300 g/mol. The molecule has 1 aliphatic heterocycles. The van der Waals surface area contributed by atoms with Gasteiger partial charge in [-0.15, -0.1) is 0 Å². The summed E-state index contributed by atoms with van der Waals surface area (Å²) in [4.78, 5) is 25.9. The van der Waals surface area contributed by atoms with Crippen LogP contribution in [-0.2, 0) is 9.59 Å². The summed E-state index contributed by atoms with van der Waals surface area (Å²) in [5.41, 5.74) is -1.40. The molecule has 2 aliphatic rings. The van der Waals surface area contributed by atoms with Crippen LogP contribution < -0.4 is 4.90 Å². The molecular formula is C13H11Cl2NO3. The minimum atomic E-state index is -0.959. The molecule has 100 valence electrons. The van der Waals surface area contributed by atoms with Crippen LogP contribution in [0, 0.1) is 10.8 Å². The van der Waals surface area contributed by atoms with Crippen molar-refractivity contribution in [1.82, 2.24) is 0 Å². The molecule has 0 radical (unpaired) electrons. The number of aliphatic hydroxyl groups is 1. The SMILES string of the molecule is CC12CC1(CO)C(=O)N(c1cc(Cl)cc(Cl)c1)C2=O.